The van der Waals surface area contributed by atoms with Gasteiger partial charge >= 0.3 is 5.97 Å². The van der Waals surface area contributed by atoms with E-state index in [0.29, 0.717) is 4.47 Å². The molecule has 0 saturated carbocycles. The Kier molecular flexibility index (Phi) is 4.38. The summed E-state index contributed by atoms with van der Waals surface area (Å²) in [5.74, 6) is -1.75. The van der Waals surface area contributed by atoms with Crippen molar-refractivity contribution >= 4 is 33.5 Å². The first-order chi connectivity index (χ1) is 8.31. The number of benzene rings is 1. The first-order valence-corrected chi connectivity index (χ1v) is 5.53. The molecule has 0 radical (unpaired) electrons. The number of aliphatic carboxylic acids is 1. The second-order valence-corrected chi connectivity index (χ2v) is 4.43. The number of nitro benzene ring substituents is 1. The molecule has 7 nitrogen and oxygen atoms in total. The van der Waals surface area contributed by atoms with E-state index in [0.717, 1.165) is 11.0 Å². The van der Waals surface area contributed by atoms with Crippen molar-refractivity contribution in [3.05, 3.63) is 38.3 Å². The number of halogens is 1. The molecule has 0 saturated heterocycles. The van der Waals surface area contributed by atoms with Crippen LogP contribution in [0.4, 0.5) is 5.69 Å². The highest BCUT2D eigenvalue weighted by Crippen LogP contribution is 2.22. The summed E-state index contributed by atoms with van der Waals surface area (Å²) < 4.78 is 0.378. The fraction of sp³-hybridized carbons (Fsp3) is 0.200. The highest BCUT2D eigenvalue weighted by atomic mass is 79.9. The Hall–Kier alpha value is -1.96. The van der Waals surface area contributed by atoms with Gasteiger partial charge in [-0.05, 0) is 6.07 Å². The van der Waals surface area contributed by atoms with E-state index in [1.807, 2.05) is 0 Å². The summed E-state index contributed by atoms with van der Waals surface area (Å²) in [7, 11) is 1.31. The Morgan fingerprint density at radius 3 is 2.56 bits per heavy atom. The zero-order valence-electron chi connectivity index (χ0n) is 9.29. The topological polar surface area (TPSA) is 101 Å². The minimum Gasteiger partial charge on any atom is -0.480 e. The Labute approximate surface area is 110 Å². The molecule has 0 fully saturated rings. The number of nitrogens with zero attached hydrogens (tertiary/aromatic N) is 2. The molecule has 0 heterocycles. The van der Waals surface area contributed by atoms with Gasteiger partial charge in [0.15, 0.2) is 0 Å². The van der Waals surface area contributed by atoms with Crippen molar-refractivity contribution in [2.45, 2.75) is 0 Å². The quantitative estimate of drug-likeness (QED) is 0.670. The van der Waals surface area contributed by atoms with Gasteiger partial charge in [0.1, 0.15) is 6.54 Å². The molecule has 1 aromatic carbocycles. The summed E-state index contributed by atoms with van der Waals surface area (Å²) in [5.41, 5.74) is -0.184. The third kappa shape index (κ3) is 3.52. The van der Waals surface area contributed by atoms with Gasteiger partial charge in [-0.25, -0.2) is 0 Å². The first kappa shape index (κ1) is 14.1. The number of hydrogen-bond donors (Lipinski definition) is 1. The van der Waals surface area contributed by atoms with Crippen molar-refractivity contribution in [2.24, 2.45) is 0 Å². The number of non-ortho nitro benzene ring substituents is 1. The van der Waals surface area contributed by atoms with E-state index in [-0.39, 0.29) is 11.3 Å². The van der Waals surface area contributed by atoms with Crippen molar-refractivity contribution in [1.82, 2.24) is 4.90 Å². The molecule has 0 spiro atoms. The molecule has 0 unspecified atom stereocenters. The van der Waals surface area contributed by atoms with Gasteiger partial charge in [-0.15, -0.1) is 0 Å². The molecule has 0 aliphatic carbocycles. The Balaban J connectivity index is 3.05. The van der Waals surface area contributed by atoms with E-state index < -0.39 is 23.3 Å². The van der Waals surface area contributed by atoms with E-state index in [9.17, 15) is 19.7 Å². The maximum absolute atomic E-state index is 11.8. The normalized spacial score (nSPS) is 9.89. The summed E-state index contributed by atoms with van der Waals surface area (Å²) in [4.78, 5) is 33.3. The van der Waals surface area contributed by atoms with Crippen molar-refractivity contribution < 1.29 is 19.6 Å². The molecule has 1 amide bonds. The summed E-state index contributed by atoms with van der Waals surface area (Å²) >= 11 is 3.06. The molecule has 0 atom stereocenters. The van der Waals surface area contributed by atoms with Gasteiger partial charge in [0, 0.05) is 29.2 Å². The number of hydrogen-bond acceptors (Lipinski definition) is 4. The van der Waals surface area contributed by atoms with E-state index in [4.69, 9.17) is 5.11 Å². The van der Waals surface area contributed by atoms with Gasteiger partial charge in [0.2, 0.25) is 0 Å². The zero-order chi connectivity index (χ0) is 13.9. The fourth-order valence-corrected chi connectivity index (χ4v) is 1.78. The number of amides is 1. The third-order valence-corrected chi connectivity index (χ3v) is 2.52. The molecule has 0 aliphatic rings. The van der Waals surface area contributed by atoms with Crippen LogP contribution in [0, 0.1) is 10.1 Å². The molecule has 0 aliphatic heterocycles. The number of carboxylic acids is 1. The standard InChI is InChI=1S/C10H9BrN2O5/c1-12(5-9(14)15)10(16)6-2-7(11)4-8(3-6)13(17)18/h2-4H,5H2,1H3,(H,14,15). The molecular weight excluding hydrogens is 308 g/mol. The second kappa shape index (κ2) is 5.58. The van der Waals surface area contributed by atoms with Crippen LogP contribution in [0.3, 0.4) is 0 Å². The summed E-state index contributed by atoms with van der Waals surface area (Å²) in [6, 6.07) is 3.76. The molecule has 1 aromatic rings. The predicted octanol–water partition coefficient (Wildman–Crippen LogP) is 1.51. The van der Waals surface area contributed by atoms with E-state index in [1.54, 1.807) is 0 Å². The van der Waals surface area contributed by atoms with Gasteiger partial charge in [0.25, 0.3) is 11.6 Å². The van der Waals surface area contributed by atoms with Gasteiger partial charge < -0.3 is 10.0 Å². The van der Waals surface area contributed by atoms with Crippen molar-refractivity contribution in [3.63, 3.8) is 0 Å². The predicted molar refractivity (Wildman–Crippen MR) is 65.4 cm³/mol. The molecule has 8 heteroatoms. The molecule has 0 bridgehead atoms. The smallest absolute Gasteiger partial charge is 0.323 e. The highest BCUT2D eigenvalue weighted by molar-refractivity contribution is 9.10. The Morgan fingerprint density at radius 1 is 1.44 bits per heavy atom. The van der Waals surface area contributed by atoms with Gasteiger partial charge in [-0.1, -0.05) is 15.9 Å². The van der Waals surface area contributed by atoms with Gasteiger partial charge in [-0.2, -0.15) is 0 Å². The largest absolute Gasteiger partial charge is 0.480 e. The maximum atomic E-state index is 11.8. The Morgan fingerprint density at radius 2 is 2.06 bits per heavy atom. The number of rotatable bonds is 4. The number of likely N-dealkylation sites (N-methyl/N-ethyl adjacent to an activating group) is 1. The zero-order valence-corrected chi connectivity index (χ0v) is 10.9. The first-order valence-electron chi connectivity index (χ1n) is 4.73. The number of carboxylic acid groups (broad SMARTS) is 1. The average Bonchev–Trinajstić information content (AvgIpc) is 2.26. The van der Waals surface area contributed by atoms with Crippen LogP contribution in [0.15, 0.2) is 22.7 Å². The lowest BCUT2D eigenvalue weighted by atomic mass is 10.2. The average molecular weight is 317 g/mol. The van der Waals surface area contributed by atoms with E-state index >= 15 is 0 Å². The summed E-state index contributed by atoms with van der Waals surface area (Å²) in [6.45, 7) is -0.473. The van der Waals surface area contributed by atoms with E-state index in [2.05, 4.69) is 15.9 Å². The van der Waals surface area contributed by atoms with Crippen LogP contribution in [0.2, 0.25) is 0 Å². The highest BCUT2D eigenvalue weighted by Gasteiger charge is 2.18. The fourth-order valence-electron chi connectivity index (χ4n) is 1.30. The maximum Gasteiger partial charge on any atom is 0.323 e. The SMILES string of the molecule is CN(CC(=O)O)C(=O)c1cc(Br)cc([N+](=O)[O-])c1. The van der Waals surface area contributed by atoms with Crippen LogP contribution < -0.4 is 0 Å². The van der Waals surface area contributed by atoms with Crippen LogP contribution in [-0.4, -0.2) is 40.4 Å². The van der Waals surface area contributed by atoms with Gasteiger partial charge in [0.05, 0.1) is 4.92 Å². The molecule has 1 N–H and O–H groups in total. The van der Waals surface area contributed by atoms with Crippen LogP contribution >= 0.6 is 15.9 Å². The number of carbonyl (C=O) groups excluding carboxylic acids is 1. The minimum atomic E-state index is -1.16. The number of nitro groups is 1. The lowest BCUT2D eigenvalue weighted by Gasteiger charge is -2.14. The molecular formula is C10H9BrN2O5. The second-order valence-electron chi connectivity index (χ2n) is 3.51. The van der Waals surface area contributed by atoms with Crippen LogP contribution in [-0.2, 0) is 4.79 Å². The number of carbonyl (C=O) groups is 2. The van der Waals surface area contributed by atoms with Crippen LogP contribution in [0.5, 0.6) is 0 Å². The lowest BCUT2D eigenvalue weighted by molar-refractivity contribution is -0.385. The summed E-state index contributed by atoms with van der Waals surface area (Å²) in [5, 5.41) is 19.2. The van der Waals surface area contributed by atoms with Gasteiger partial charge in [-0.3, -0.25) is 19.7 Å². The van der Waals surface area contributed by atoms with Crippen molar-refractivity contribution in [2.75, 3.05) is 13.6 Å². The van der Waals surface area contributed by atoms with Crippen LogP contribution in [0.25, 0.3) is 0 Å². The molecule has 18 heavy (non-hydrogen) atoms. The molecule has 1 rings (SSSR count). The Bertz CT molecular complexity index is 517. The van der Waals surface area contributed by atoms with Crippen molar-refractivity contribution in [1.29, 1.82) is 0 Å². The molecule has 0 aromatic heterocycles. The monoisotopic (exact) mass is 316 g/mol. The van der Waals surface area contributed by atoms with E-state index in [1.165, 1.54) is 19.2 Å². The third-order valence-electron chi connectivity index (χ3n) is 2.06. The lowest BCUT2D eigenvalue weighted by Crippen LogP contribution is -2.31. The molecule has 96 valence electrons. The van der Waals surface area contributed by atoms with Crippen LogP contribution in [0.1, 0.15) is 10.4 Å². The minimum absolute atomic E-state index is 0.0554. The summed E-state index contributed by atoms with van der Waals surface area (Å²) in [6.07, 6.45) is 0. The van der Waals surface area contributed by atoms with Crippen molar-refractivity contribution in [3.8, 4) is 0 Å².